The maximum absolute atomic E-state index is 5.68. The van der Waals surface area contributed by atoms with Gasteiger partial charge in [0.05, 0.1) is 6.61 Å². The van der Waals surface area contributed by atoms with Crippen LogP contribution in [0.4, 0.5) is 0 Å². The van der Waals surface area contributed by atoms with Crippen LogP contribution in [0.1, 0.15) is 81.9 Å². The number of benzene rings is 2. The zero-order chi connectivity index (χ0) is 19.9. The third-order valence-electron chi connectivity index (χ3n) is 4.50. The summed E-state index contributed by atoms with van der Waals surface area (Å²) in [6.07, 6.45) is 9.69. The summed E-state index contributed by atoms with van der Waals surface area (Å²) in [6, 6.07) is 16.2. The van der Waals surface area contributed by atoms with Gasteiger partial charge in [-0.3, -0.25) is 0 Å². The molecule has 1 nitrogen and oxygen atoms in total. The molecule has 0 aliphatic heterocycles. The third kappa shape index (κ3) is 8.83. The Bertz CT molecular complexity index is 792. The van der Waals surface area contributed by atoms with E-state index in [-0.39, 0.29) is 0 Å². The highest BCUT2D eigenvalue weighted by Crippen LogP contribution is 2.12. The lowest BCUT2D eigenvalue weighted by molar-refractivity contribution is 0.309. The molecule has 0 amide bonds. The molecule has 0 radical (unpaired) electrons. The molecule has 2 aromatic rings. The second-order valence-electron chi connectivity index (χ2n) is 7.02. The van der Waals surface area contributed by atoms with Crippen LogP contribution in [0.3, 0.4) is 0 Å². The van der Waals surface area contributed by atoms with Gasteiger partial charge < -0.3 is 4.74 Å². The predicted molar refractivity (Wildman–Crippen MR) is 120 cm³/mol. The first-order chi connectivity index (χ1) is 13.8. The van der Waals surface area contributed by atoms with Crippen LogP contribution in [0.25, 0.3) is 0 Å². The normalized spacial score (nSPS) is 9.79. The fraction of sp³-hybridized carbons (Fsp3) is 0.407. The number of hydrogen-bond acceptors (Lipinski definition) is 1. The Labute approximate surface area is 171 Å². The molecule has 146 valence electrons. The van der Waals surface area contributed by atoms with Gasteiger partial charge in [-0.1, -0.05) is 69.6 Å². The van der Waals surface area contributed by atoms with E-state index < -0.39 is 0 Å². The lowest BCUT2D eigenvalue weighted by atomic mass is 10.1. The summed E-state index contributed by atoms with van der Waals surface area (Å²) in [6.45, 7) is 5.18. The molecule has 0 bridgehead atoms. The van der Waals surface area contributed by atoms with Gasteiger partial charge in [-0.25, -0.2) is 0 Å². The molecule has 0 aromatic heterocycles. The van der Waals surface area contributed by atoms with Crippen LogP contribution >= 0.6 is 0 Å². The van der Waals surface area contributed by atoms with E-state index in [2.05, 4.69) is 49.7 Å². The molecular formula is C27H32O. The highest BCUT2D eigenvalue weighted by atomic mass is 16.5. The molecule has 2 aromatic carbocycles. The van der Waals surface area contributed by atoms with E-state index in [1.54, 1.807) is 0 Å². The van der Waals surface area contributed by atoms with Crippen molar-refractivity contribution in [2.24, 2.45) is 0 Å². The van der Waals surface area contributed by atoms with Gasteiger partial charge >= 0.3 is 0 Å². The van der Waals surface area contributed by atoms with Crippen molar-refractivity contribution in [2.75, 3.05) is 6.61 Å². The van der Waals surface area contributed by atoms with Gasteiger partial charge in [0.2, 0.25) is 0 Å². The van der Waals surface area contributed by atoms with E-state index in [1.807, 2.05) is 36.4 Å². The van der Waals surface area contributed by atoms with Gasteiger partial charge in [0.15, 0.2) is 0 Å². The van der Waals surface area contributed by atoms with Crippen LogP contribution in [0.2, 0.25) is 0 Å². The van der Waals surface area contributed by atoms with Gasteiger partial charge in [-0.15, -0.1) is 0 Å². The smallest absolute Gasteiger partial charge is 0.119 e. The first-order valence-electron chi connectivity index (χ1n) is 10.7. The third-order valence-corrected chi connectivity index (χ3v) is 4.50. The summed E-state index contributed by atoms with van der Waals surface area (Å²) in [5.41, 5.74) is 3.07. The van der Waals surface area contributed by atoms with Gasteiger partial charge in [0.1, 0.15) is 5.75 Å². The van der Waals surface area contributed by atoms with E-state index in [9.17, 15) is 0 Å². The maximum Gasteiger partial charge on any atom is 0.119 e. The first kappa shape index (κ1) is 21.7. The monoisotopic (exact) mass is 372 g/mol. The van der Waals surface area contributed by atoms with E-state index >= 15 is 0 Å². The van der Waals surface area contributed by atoms with Crippen molar-refractivity contribution >= 4 is 0 Å². The Morgan fingerprint density at radius 2 is 1.14 bits per heavy atom. The van der Waals surface area contributed by atoms with Crippen molar-refractivity contribution in [3.63, 3.8) is 0 Å². The van der Waals surface area contributed by atoms with Crippen molar-refractivity contribution in [3.8, 4) is 29.4 Å². The highest BCUT2D eigenvalue weighted by molar-refractivity contribution is 5.46. The molecule has 28 heavy (non-hydrogen) atoms. The minimum Gasteiger partial charge on any atom is -0.494 e. The highest BCUT2D eigenvalue weighted by Gasteiger charge is 1.94. The predicted octanol–water partition coefficient (Wildman–Crippen LogP) is 6.98. The summed E-state index contributed by atoms with van der Waals surface area (Å²) in [7, 11) is 0. The number of unbranched alkanes of at least 4 members (excludes halogenated alkanes) is 6. The van der Waals surface area contributed by atoms with Crippen molar-refractivity contribution in [1.29, 1.82) is 0 Å². The van der Waals surface area contributed by atoms with E-state index in [4.69, 9.17) is 4.74 Å². The summed E-state index contributed by atoms with van der Waals surface area (Å²) >= 11 is 0. The Kier molecular flexibility index (Phi) is 10.5. The molecule has 0 unspecified atom stereocenters. The number of hydrogen-bond donors (Lipinski definition) is 0. The Balaban J connectivity index is 1.81. The van der Waals surface area contributed by atoms with Gasteiger partial charge in [0, 0.05) is 23.1 Å². The molecule has 0 saturated carbocycles. The molecule has 0 saturated heterocycles. The SMILES string of the molecule is CCCCCCCC#Cc1ccc(C#Cc2ccc(OCCCC)cc2)cc1. The summed E-state index contributed by atoms with van der Waals surface area (Å²) < 4.78 is 5.68. The zero-order valence-electron chi connectivity index (χ0n) is 17.4. The number of rotatable bonds is 9. The standard InChI is InChI=1S/C27H32O/c1-3-5-7-8-9-10-11-12-24-13-15-25(16-14-24)17-18-26-19-21-27(22-20-26)28-23-6-4-2/h13-16,19-22H,3-10,23H2,1-2H3. The van der Waals surface area contributed by atoms with E-state index in [1.165, 1.54) is 32.1 Å². The van der Waals surface area contributed by atoms with Crippen LogP contribution in [-0.4, -0.2) is 6.61 Å². The molecule has 0 heterocycles. The maximum atomic E-state index is 5.68. The molecule has 0 aliphatic rings. The van der Waals surface area contributed by atoms with Gasteiger partial charge in [-0.2, -0.15) is 0 Å². The average molecular weight is 373 g/mol. The second kappa shape index (κ2) is 13.5. The van der Waals surface area contributed by atoms with Crippen LogP contribution in [0.15, 0.2) is 48.5 Å². The molecular weight excluding hydrogens is 340 g/mol. The minimum absolute atomic E-state index is 0.773. The van der Waals surface area contributed by atoms with Crippen LogP contribution < -0.4 is 4.74 Å². The van der Waals surface area contributed by atoms with Crippen LogP contribution in [0, 0.1) is 23.7 Å². The lowest BCUT2D eigenvalue weighted by Gasteiger charge is -2.04. The Hall–Kier alpha value is -2.64. The van der Waals surface area contributed by atoms with E-state index in [0.29, 0.717) is 0 Å². The first-order valence-corrected chi connectivity index (χ1v) is 10.7. The van der Waals surface area contributed by atoms with Crippen LogP contribution in [0.5, 0.6) is 5.75 Å². The van der Waals surface area contributed by atoms with E-state index in [0.717, 1.165) is 48.3 Å². The molecule has 0 N–H and O–H groups in total. The van der Waals surface area contributed by atoms with Gasteiger partial charge in [0.25, 0.3) is 0 Å². The molecule has 0 atom stereocenters. The summed E-state index contributed by atoms with van der Waals surface area (Å²) in [4.78, 5) is 0. The lowest BCUT2D eigenvalue weighted by Crippen LogP contribution is -1.95. The Morgan fingerprint density at radius 1 is 0.607 bits per heavy atom. The average Bonchev–Trinajstić information content (AvgIpc) is 2.73. The largest absolute Gasteiger partial charge is 0.494 e. The van der Waals surface area contributed by atoms with Crippen molar-refractivity contribution in [1.82, 2.24) is 0 Å². The molecule has 0 fully saturated rings. The fourth-order valence-corrected chi connectivity index (χ4v) is 2.73. The zero-order valence-corrected chi connectivity index (χ0v) is 17.4. The van der Waals surface area contributed by atoms with Crippen molar-refractivity contribution < 1.29 is 4.74 Å². The van der Waals surface area contributed by atoms with Gasteiger partial charge in [-0.05, 0) is 61.4 Å². The van der Waals surface area contributed by atoms with Crippen molar-refractivity contribution in [2.45, 2.75) is 65.2 Å². The van der Waals surface area contributed by atoms with Crippen molar-refractivity contribution in [3.05, 3.63) is 65.2 Å². The molecule has 0 spiro atoms. The molecule has 2 rings (SSSR count). The summed E-state index contributed by atoms with van der Waals surface area (Å²) in [5, 5.41) is 0. The molecule has 0 aliphatic carbocycles. The minimum atomic E-state index is 0.773. The van der Waals surface area contributed by atoms with Crippen LogP contribution in [-0.2, 0) is 0 Å². The summed E-state index contributed by atoms with van der Waals surface area (Å²) in [5.74, 6) is 13.9. The molecule has 1 heteroatoms. The second-order valence-corrected chi connectivity index (χ2v) is 7.02. The quantitative estimate of drug-likeness (QED) is 0.341. The fourth-order valence-electron chi connectivity index (χ4n) is 2.73. The topological polar surface area (TPSA) is 9.23 Å². The Morgan fingerprint density at radius 3 is 1.75 bits per heavy atom. The number of ether oxygens (including phenoxy) is 1.